The zero-order chi connectivity index (χ0) is 16.7. The number of methoxy groups -OCH3 is 1. The van der Waals surface area contributed by atoms with Gasteiger partial charge >= 0.3 is 0 Å². The van der Waals surface area contributed by atoms with Gasteiger partial charge in [-0.05, 0) is 36.4 Å². The molecule has 1 amide bonds. The molecule has 1 heterocycles. The number of aryl methyl sites for hydroxylation is 1. The van der Waals surface area contributed by atoms with Crippen LogP contribution < -0.4 is 15.6 Å². The van der Waals surface area contributed by atoms with E-state index in [2.05, 4.69) is 17.2 Å². The number of pyridine rings is 1. The SMILES string of the molecule is CCCCCNC(=O)CCc1cc2ccc(OC)cc2[nH]c1=O. The first-order chi connectivity index (χ1) is 11.1. The number of aromatic amines is 1. The van der Waals surface area contributed by atoms with E-state index in [0.29, 0.717) is 30.7 Å². The second-order valence-corrected chi connectivity index (χ2v) is 5.63. The van der Waals surface area contributed by atoms with Crippen LogP contribution in [0.25, 0.3) is 10.9 Å². The molecule has 0 atom stereocenters. The maximum atomic E-state index is 12.1. The molecular weight excluding hydrogens is 292 g/mol. The van der Waals surface area contributed by atoms with Crippen LogP contribution in [0, 0.1) is 0 Å². The van der Waals surface area contributed by atoms with Crippen LogP contribution in [0.5, 0.6) is 5.75 Å². The van der Waals surface area contributed by atoms with Crippen LogP contribution in [-0.4, -0.2) is 24.5 Å². The highest BCUT2D eigenvalue weighted by Gasteiger charge is 2.07. The Morgan fingerprint density at radius 1 is 1.26 bits per heavy atom. The Hall–Kier alpha value is -2.30. The third-order valence-corrected chi connectivity index (χ3v) is 3.85. The molecule has 124 valence electrons. The predicted octanol–water partition coefficient (Wildman–Crippen LogP) is 2.78. The number of hydrogen-bond acceptors (Lipinski definition) is 3. The summed E-state index contributed by atoms with van der Waals surface area (Å²) in [7, 11) is 1.59. The monoisotopic (exact) mass is 316 g/mol. The molecule has 2 N–H and O–H groups in total. The summed E-state index contributed by atoms with van der Waals surface area (Å²) >= 11 is 0. The quantitative estimate of drug-likeness (QED) is 0.736. The average molecular weight is 316 g/mol. The largest absolute Gasteiger partial charge is 0.497 e. The number of ether oxygens (including phenoxy) is 1. The van der Waals surface area contributed by atoms with Crippen molar-refractivity contribution in [3.05, 3.63) is 40.2 Å². The van der Waals surface area contributed by atoms with Gasteiger partial charge in [-0.25, -0.2) is 0 Å². The van der Waals surface area contributed by atoms with Crippen LogP contribution in [0.2, 0.25) is 0 Å². The van der Waals surface area contributed by atoms with Gasteiger partial charge in [0.25, 0.3) is 5.56 Å². The van der Waals surface area contributed by atoms with Gasteiger partial charge in [0.05, 0.1) is 12.6 Å². The Labute approximate surface area is 136 Å². The van der Waals surface area contributed by atoms with E-state index in [1.54, 1.807) is 13.2 Å². The molecule has 0 saturated carbocycles. The number of hydrogen-bond donors (Lipinski definition) is 2. The lowest BCUT2D eigenvalue weighted by Crippen LogP contribution is -2.25. The molecule has 0 aliphatic rings. The number of carbonyl (C=O) groups is 1. The van der Waals surface area contributed by atoms with Gasteiger partial charge in [0.15, 0.2) is 0 Å². The van der Waals surface area contributed by atoms with Gasteiger partial charge < -0.3 is 15.0 Å². The second kappa shape index (κ2) is 8.36. The van der Waals surface area contributed by atoms with Crippen molar-refractivity contribution in [2.75, 3.05) is 13.7 Å². The van der Waals surface area contributed by atoms with Gasteiger partial charge in [-0.2, -0.15) is 0 Å². The maximum Gasteiger partial charge on any atom is 0.251 e. The third kappa shape index (κ3) is 4.84. The number of benzene rings is 1. The molecular formula is C18H24N2O3. The molecule has 0 spiro atoms. The summed E-state index contributed by atoms with van der Waals surface area (Å²) in [6, 6.07) is 7.39. The smallest absolute Gasteiger partial charge is 0.251 e. The Morgan fingerprint density at radius 2 is 2.09 bits per heavy atom. The van der Waals surface area contributed by atoms with Crippen molar-refractivity contribution in [2.45, 2.75) is 39.0 Å². The molecule has 0 aliphatic heterocycles. The fraction of sp³-hybridized carbons (Fsp3) is 0.444. The number of H-pyrrole nitrogens is 1. The molecule has 23 heavy (non-hydrogen) atoms. The van der Waals surface area contributed by atoms with Crippen molar-refractivity contribution in [3.63, 3.8) is 0 Å². The van der Waals surface area contributed by atoms with Crippen LogP contribution in [0.4, 0.5) is 0 Å². The first kappa shape index (κ1) is 17.1. The Balaban J connectivity index is 1.99. The summed E-state index contributed by atoms with van der Waals surface area (Å²) in [6.07, 6.45) is 4.02. The number of amides is 1. The van der Waals surface area contributed by atoms with Gasteiger partial charge in [-0.1, -0.05) is 19.8 Å². The minimum atomic E-state index is -0.149. The summed E-state index contributed by atoms with van der Waals surface area (Å²) in [5.41, 5.74) is 1.22. The summed E-state index contributed by atoms with van der Waals surface area (Å²) in [4.78, 5) is 26.8. The minimum absolute atomic E-state index is 0.00432. The van der Waals surface area contributed by atoms with Gasteiger partial charge in [0, 0.05) is 24.6 Å². The van der Waals surface area contributed by atoms with Gasteiger partial charge in [0.1, 0.15) is 5.75 Å². The minimum Gasteiger partial charge on any atom is -0.497 e. The molecule has 0 unspecified atom stereocenters. The molecule has 1 aromatic carbocycles. The van der Waals surface area contributed by atoms with Crippen molar-refractivity contribution < 1.29 is 9.53 Å². The molecule has 0 saturated heterocycles. The first-order valence-electron chi connectivity index (χ1n) is 8.10. The molecule has 2 aromatic rings. The van der Waals surface area contributed by atoms with Gasteiger partial charge in [-0.15, -0.1) is 0 Å². The van der Waals surface area contributed by atoms with E-state index in [0.717, 1.165) is 30.2 Å². The molecule has 0 aliphatic carbocycles. The predicted molar refractivity (Wildman–Crippen MR) is 92.0 cm³/mol. The highest BCUT2D eigenvalue weighted by molar-refractivity contribution is 5.81. The van der Waals surface area contributed by atoms with E-state index in [4.69, 9.17) is 4.74 Å². The number of carbonyl (C=O) groups excluding carboxylic acids is 1. The third-order valence-electron chi connectivity index (χ3n) is 3.85. The lowest BCUT2D eigenvalue weighted by molar-refractivity contribution is -0.121. The highest BCUT2D eigenvalue weighted by atomic mass is 16.5. The van der Waals surface area contributed by atoms with Crippen molar-refractivity contribution in [2.24, 2.45) is 0 Å². The summed E-state index contributed by atoms with van der Waals surface area (Å²) in [5.74, 6) is 0.697. The highest BCUT2D eigenvalue weighted by Crippen LogP contribution is 2.18. The van der Waals surface area contributed by atoms with Gasteiger partial charge in [0.2, 0.25) is 5.91 Å². The van der Waals surface area contributed by atoms with Crippen molar-refractivity contribution >= 4 is 16.8 Å². The summed E-state index contributed by atoms with van der Waals surface area (Å²) in [5, 5.41) is 3.83. The lowest BCUT2D eigenvalue weighted by atomic mass is 10.1. The van der Waals surface area contributed by atoms with Crippen LogP contribution in [0.3, 0.4) is 0 Å². The second-order valence-electron chi connectivity index (χ2n) is 5.63. The van der Waals surface area contributed by atoms with Crippen LogP contribution >= 0.6 is 0 Å². The topological polar surface area (TPSA) is 71.2 Å². The van der Waals surface area contributed by atoms with Crippen molar-refractivity contribution in [3.8, 4) is 5.75 Å². The molecule has 0 bridgehead atoms. The number of nitrogens with one attached hydrogen (secondary N) is 2. The van der Waals surface area contributed by atoms with Crippen LogP contribution in [0.1, 0.15) is 38.2 Å². The van der Waals surface area contributed by atoms with E-state index in [9.17, 15) is 9.59 Å². The molecule has 5 heteroatoms. The Morgan fingerprint density at radius 3 is 2.83 bits per heavy atom. The van der Waals surface area contributed by atoms with E-state index in [1.165, 1.54) is 0 Å². The van der Waals surface area contributed by atoms with Crippen molar-refractivity contribution in [1.82, 2.24) is 10.3 Å². The first-order valence-corrected chi connectivity index (χ1v) is 8.10. The lowest BCUT2D eigenvalue weighted by Gasteiger charge is -2.06. The zero-order valence-corrected chi connectivity index (χ0v) is 13.8. The number of aromatic nitrogens is 1. The van der Waals surface area contributed by atoms with E-state index >= 15 is 0 Å². The number of unbranched alkanes of at least 4 members (excludes halogenated alkanes) is 2. The van der Waals surface area contributed by atoms with E-state index in [-0.39, 0.29) is 11.5 Å². The fourth-order valence-corrected chi connectivity index (χ4v) is 2.48. The Bertz CT molecular complexity index is 722. The average Bonchev–Trinajstić information content (AvgIpc) is 2.56. The van der Waals surface area contributed by atoms with Gasteiger partial charge in [-0.3, -0.25) is 9.59 Å². The number of rotatable bonds is 8. The normalized spacial score (nSPS) is 10.7. The van der Waals surface area contributed by atoms with Crippen LogP contribution in [0.15, 0.2) is 29.1 Å². The summed E-state index contributed by atoms with van der Waals surface area (Å²) < 4.78 is 5.15. The molecule has 2 rings (SSSR count). The molecule has 5 nitrogen and oxygen atoms in total. The van der Waals surface area contributed by atoms with Crippen LogP contribution in [-0.2, 0) is 11.2 Å². The molecule has 1 aromatic heterocycles. The maximum absolute atomic E-state index is 12.1. The standard InChI is InChI=1S/C18H24N2O3/c1-3-4-5-10-19-17(21)9-7-14-11-13-6-8-15(23-2)12-16(13)20-18(14)22/h6,8,11-12H,3-5,7,9-10H2,1-2H3,(H,19,21)(H,20,22). The summed E-state index contributed by atoms with van der Waals surface area (Å²) in [6.45, 7) is 2.84. The van der Waals surface area contributed by atoms with E-state index in [1.807, 2.05) is 18.2 Å². The fourth-order valence-electron chi connectivity index (χ4n) is 2.48. The molecule has 0 fully saturated rings. The van der Waals surface area contributed by atoms with E-state index < -0.39 is 0 Å². The Kier molecular flexibility index (Phi) is 6.20. The molecule has 0 radical (unpaired) electrons. The zero-order valence-electron chi connectivity index (χ0n) is 13.8. The number of fused-ring (bicyclic) bond motifs is 1. The van der Waals surface area contributed by atoms with Crippen molar-refractivity contribution in [1.29, 1.82) is 0 Å².